The van der Waals surface area contributed by atoms with Gasteiger partial charge in [-0.25, -0.2) is 9.07 Å². The molecule has 3 rings (SSSR count). The van der Waals surface area contributed by atoms with Crippen molar-refractivity contribution in [3.8, 4) is 16.9 Å². The van der Waals surface area contributed by atoms with Crippen molar-refractivity contribution in [1.82, 2.24) is 14.8 Å². The zero-order chi connectivity index (χ0) is 14.1. The molecule has 3 aromatic rings. The van der Waals surface area contributed by atoms with Gasteiger partial charge in [-0.3, -0.25) is 4.98 Å². The summed E-state index contributed by atoms with van der Waals surface area (Å²) in [6.45, 7) is 1.90. The molecule has 0 fully saturated rings. The monoisotopic (exact) mass is 287 g/mol. The van der Waals surface area contributed by atoms with Crippen LogP contribution in [0.4, 0.5) is 4.39 Å². The minimum atomic E-state index is -0.368. The van der Waals surface area contributed by atoms with E-state index in [-0.39, 0.29) is 5.82 Å². The molecule has 5 heteroatoms. The number of pyridine rings is 1. The third-order valence-corrected chi connectivity index (χ3v) is 3.25. The fraction of sp³-hybridized carbons (Fsp3) is 0.0667. The van der Waals surface area contributed by atoms with Crippen LogP contribution in [0, 0.1) is 12.7 Å². The number of aromatic nitrogens is 3. The molecule has 100 valence electrons. The molecular formula is C15H11ClFN3. The van der Waals surface area contributed by atoms with E-state index in [0.717, 1.165) is 17.0 Å². The first kappa shape index (κ1) is 12.8. The minimum Gasteiger partial charge on any atom is -0.265 e. The minimum absolute atomic E-state index is 0.323. The maximum absolute atomic E-state index is 13.2. The molecule has 0 bridgehead atoms. The summed E-state index contributed by atoms with van der Waals surface area (Å²) in [7, 11) is 0. The van der Waals surface area contributed by atoms with Gasteiger partial charge in [-0.05, 0) is 43.3 Å². The average molecular weight is 288 g/mol. The highest BCUT2D eigenvalue weighted by atomic mass is 35.5. The van der Waals surface area contributed by atoms with Crippen molar-refractivity contribution < 1.29 is 4.39 Å². The van der Waals surface area contributed by atoms with E-state index in [9.17, 15) is 4.39 Å². The SMILES string of the molecule is Cc1cc(-c2ccncc2)n(-c2ccc(F)cc2Cl)n1. The Morgan fingerprint density at radius 3 is 2.55 bits per heavy atom. The highest BCUT2D eigenvalue weighted by molar-refractivity contribution is 6.32. The first-order valence-electron chi connectivity index (χ1n) is 6.07. The molecule has 0 unspecified atom stereocenters. The number of rotatable bonds is 2. The summed E-state index contributed by atoms with van der Waals surface area (Å²) >= 11 is 6.12. The van der Waals surface area contributed by atoms with Crippen molar-refractivity contribution in [3.05, 3.63) is 65.3 Å². The first-order chi connectivity index (χ1) is 9.65. The van der Waals surface area contributed by atoms with Crippen LogP contribution in [0.25, 0.3) is 16.9 Å². The third-order valence-electron chi connectivity index (χ3n) is 2.95. The summed E-state index contributed by atoms with van der Waals surface area (Å²) in [4.78, 5) is 4.00. The van der Waals surface area contributed by atoms with Gasteiger partial charge >= 0.3 is 0 Å². The largest absolute Gasteiger partial charge is 0.265 e. The Labute approximate surface area is 120 Å². The molecule has 0 aliphatic carbocycles. The van der Waals surface area contributed by atoms with Crippen LogP contribution in [0.1, 0.15) is 5.69 Å². The molecule has 0 spiro atoms. The van der Waals surface area contributed by atoms with E-state index in [2.05, 4.69) is 10.1 Å². The van der Waals surface area contributed by atoms with Crippen LogP contribution in [-0.4, -0.2) is 14.8 Å². The van der Waals surface area contributed by atoms with Crippen molar-refractivity contribution in [2.45, 2.75) is 6.92 Å². The molecule has 0 saturated heterocycles. The van der Waals surface area contributed by atoms with E-state index in [1.54, 1.807) is 23.1 Å². The smallest absolute Gasteiger partial charge is 0.124 e. The number of benzene rings is 1. The fourth-order valence-corrected chi connectivity index (χ4v) is 2.31. The Bertz CT molecular complexity index is 753. The number of nitrogens with zero attached hydrogens (tertiary/aromatic N) is 3. The summed E-state index contributed by atoms with van der Waals surface area (Å²) < 4.78 is 14.9. The Morgan fingerprint density at radius 2 is 1.85 bits per heavy atom. The molecule has 2 heterocycles. The van der Waals surface area contributed by atoms with Crippen LogP contribution in [0.3, 0.4) is 0 Å². The topological polar surface area (TPSA) is 30.7 Å². The summed E-state index contributed by atoms with van der Waals surface area (Å²) in [5.41, 5.74) is 3.37. The second-order valence-corrected chi connectivity index (χ2v) is 4.82. The molecule has 0 saturated carbocycles. The van der Waals surface area contributed by atoms with Crippen LogP contribution in [0.2, 0.25) is 5.02 Å². The lowest BCUT2D eigenvalue weighted by Gasteiger charge is -2.09. The van der Waals surface area contributed by atoms with E-state index in [1.807, 2.05) is 25.1 Å². The number of hydrogen-bond acceptors (Lipinski definition) is 2. The van der Waals surface area contributed by atoms with Crippen LogP contribution in [0.5, 0.6) is 0 Å². The normalized spacial score (nSPS) is 10.8. The predicted octanol–water partition coefficient (Wildman–Crippen LogP) is 4.04. The third kappa shape index (κ3) is 2.30. The van der Waals surface area contributed by atoms with Crippen molar-refractivity contribution >= 4 is 11.6 Å². The summed E-state index contributed by atoms with van der Waals surface area (Å²) in [6.07, 6.45) is 3.43. The Kier molecular flexibility index (Phi) is 3.24. The molecule has 20 heavy (non-hydrogen) atoms. The molecule has 0 aliphatic heterocycles. The number of aryl methyl sites for hydroxylation is 1. The summed E-state index contributed by atoms with van der Waals surface area (Å²) in [6, 6.07) is 10.0. The lowest BCUT2D eigenvalue weighted by molar-refractivity contribution is 0.627. The van der Waals surface area contributed by atoms with Crippen molar-refractivity contribution in [3.63, 3.8) is 0 Å². The van der Waals surface area contributed by atoms with Gasteiger partial charge in [0.2, 0.25) is 0 Å². The standard InChI is InChI=1S/C15H11ClFN3/c1-10-8-15(11-4-6-18-7-5-11)20(19-10)14-3-2-12(17)9-13(14)16/h2-9H,1H3. The van der Waals surface area contributed by atoms with Gasteiger partial charge in [-0.2, -0.15) is 5.10 Å². The number of halogens is 2. The van der Waals surface area contributed by atoms with Crippen molar-refractivity contribution in [2.75, 3.05) is 0 Å². The average Bonchev–Trinajstić information content (AvgIpc) is 2.81. The highest BCUT2D eigenvalue weighted by Crippen LogP contribution is 2.27. The van der Waals surface area contributed by atoms with E-state index >= 15 is 0 Å². The molecule has 1 aromatic carbocycles. The molecule has 0 N–H and O–H groups in total. The Balaban J connectivity index is 2.20. The molecule has 0 radical (unpaired) electrons. The molecule has 0 atom stereocenters. The zero-order valence-corrected chi connectivity index (χ0v) is 11.5. The Morgan fingerprint density at radius 1 is 1.10 bits per heavy atom. The van der Waals surface area contributed by atoms with Gasteiger partial charge in [0, 0.05) is 18.0 Å². The van der Waals surface area contributed by atoms with Gasteiger partial charge in [0.1, 0.15) is 5.82 Å². The van der Waals surface area contributed by atoms with Gasteiger partial charge in [0.15, 0.2) is 0 Å². The van der Waals surface area contributed by atoms with Crippen LogP contribution in [0.15, 0.2) is 48.8 Å². The maximum Gasteiger partial charge on any atom is 0.124 e. The zero-order valence-electron chi connectivity index (χ0n) is 10.7. The van der Waals surface area contributed by atoms with Gasteiger partial charge in [-0.1, -0.05) is 11.6 Å². The lowest BCUT2D eigenvalue weighted by Crippen LogP contribution is -2.00. The van der Waals surface area contributed by atoms with Gasteiger partial charge in [0.25, 0.3) is 0 Å². The van der Waals surface area contributed by atoms with Crippen LogP contribution >= 0.6 is 11.6 Å². The molecule has 0 aliphatic rings. The van der Waals surface area contributed by atoms with E-state index in [4.69, 9.17) is 11.6 Å². The second-order valence-electron chi connectivity index (χ2n) is 4.41. The van der Waals surface area contributed by atoms with E-state index in [0.29, 0.717) is 10.7 Å². The second kappa shape index (κ2) is 5.06. The summed E-state index contributed by atoms with van der Waals surface area (Å²) in [5.74, 6) is -0.368. The van der Waals surface area contributed by atoms with Crippen molar-refractivity contribution in [2.24, 2.45) is 0 Å². The van der Waals surface area contributed by atoms with E-state index in [1.165, 1.54) is 12.1 Å². The molecule has 2 aromatic heterocycles. The quantitative estimate of drug-likeness (QED) is 0.712. The maximum atomic E-state index is 13.2. The predicted molar refractivity (Wildman–Crippen MR) is 76.5 cm³/mol. The number of hydrogen-bond donors (Lipinski definition) is 0. The van der Waals surface area contributed by atoms with Gasteiger partial charge in [0.05, 0.1) is 22.1 Å². The summed E-state index contributed by atoms with van der Waals surface area (Å²) in [5, 5.41) is 4.76. The molecule has 0 amide bonds. The Hall–Kier alpha value is -2.20. The molecule has 3 nitrogen and oxygen atoms in total. The highest BCUT2D eigenvalue weighted by Gasteiger charge is 2.12. The lowest BCUT2D eigenvalue weighted by atomic mass is 10.2. The van der Waals surface area contributed by atoms with Crippen LogP contribution in [-0.2, 0) is 0 Å². The van der Waals surface area contributed by atoms with Gasteiger partial charge in [-0.15, -0.1) is 0 Å². The van der Waals surface area contributed by atoms with Gasteiger partial charge < -0.3 is 0 Å². The van der Waals surface area contributed by atoms with E-state index < -0.39 is 0 Å². The van der Waals surface area contributed by atoms with Crippen molar-refractivity contribution in [1.29, 1.82) is 0 Å². The first-order valence-corrected chi connectivity index (χ1v) is 6.45. The molecular weight excluding hydrogens is 277 g/mol. The van der Waals surface area contributed by atoms with Crippen LogP contribution < -0.4 is 0 Å². The fourth-order valence-electron chi connectivity index (χ4n) is 2.06.